The number of nitrogens with one attached hydrogen (secondary N) is 1. The third-order valence-corrected chi connectivity index (χ3v) is 6.50. The smallest absolute Gasteiger partial charge is 0.0462 e. The molecule has 1 aliphatic heterocycles. The van der Waals surface area contributed by atoms with Crippen LogP contribution in [0, 0.1) is 23.7 Å². The summed E-state index contributed by atoms with van der Waals surface area (Å²) < 4.78 is 0. The van der Waals surface area contributed by atoms with Crippen molar-refractivity contribution >= 4 is 0 Å². The Morgan fingerprint density at radius 1 is 1.00 bits per heavy atom. The van der Waals surface area contributed by atoms with Gasteiger partial charge in [-0.2, -0.15) is 0 Å². The molecule has 3 aliphatic rings. The lowest BCUT2D eigenvalue weighted by Gasteiger charge is -2.49. The van der Waals surface area contributed by atoms with E-state index in [2.05, 4.69) is 24.1 Å². The molecule has 2 bridgehead atoms. The fourth-order valence-electron chi connectivity index (χ4n) is 5.14. The Hall–Kier alpha value is -0.120. The van der Waals surface area contributed by atoms with E-state index >= 15 is 0 Å². The number of aliphatic hydroxyl groups excluding tert-OH is 1. The van der Waals surface area contributed by atoms with Gasteiger partial charge in [0, 0.05) is 31.8 Å². The van der Waals surface area contributed by atoms with Gasteiger partial charge in [-0.3, -0.25) is 0 Å². The molecule has 3 nitrogen and oxygen atoms in total. The molecule has 0 aromatic rings. The standard InChI is InChI=1S/C18H34N2O/c1-13(2)20-10-15-6-4-7-16(11-20)18(15)19-9-14-5-3-8-17(14)12-21/h13-19,21H,3-12H2,1-2H3. The van der Waals surface area contributed by atoms with Crippen LogP contribution in [0.15, 0.2) is 0 Å². The van der Waals surface area contributed by atoms with Crippen molar-refractivity contribution < 1.29 is 5.11 Å². The second-order valence-electron chi connectivity index (χ2n) is 8.07. The summed E-state index contributed by atoms with van der Waals surface area (Å²) in [5.41, 5.74) is 0. The first-order valence-electron chi connectivity index (χ1n) is 9.27. The maximum atomic E-state index is 9.50. The van der Waals surface area contributed by atoms with Crippen LogP contribution in [-0.2, 0) is 0 Å². The molecule has 4 atom stereocenters. The summed E-state index contributed by atoms with van der Waals surface area (Å²) in [6.07, 6.45) is 8.12. The highest BCUT2D eigenvalue weighted by Crippen LogP contribution is 2.37. The fraction of sp³-hybridized carbons (Fsp3) is 1.00. The van der Waals surface area contributed by atoms with Crippen LogP contribution in [0.5, 0.6) is 0 Å². The minimum absolute atomic E-state index is 0.394. The molecule has 1 saturated heterocycles. The second-order valence-corrected chi connectivity index (χ2v) is 8.07. The quantitative estimate of drug-likeness (QED) is 0.818. The number of fused-ring (bicyclic) bond motifs is 2. The lowest BCUT2D eigenvalue weighted by molar-refractivity contribution is 0.0269. The number of rotatable bonds is 5. The van der Waals surface area contributed by atoms with Crippen LogP contribution in [0.4, 0.5) is 0 Å². The van der Waals surface area contributed by atoms with Crippen LogP contribution >= 0.6 is 0 Å². The van der Waals surface area contributed by atoms with Crippen molar-refractivity contribution in [3.63, 3.8) is 0 Å². The second kappa shape index (κ2) is 6.97. The molecule has 2 saturated carbocycles. The number of aliphatic hydroxyl groups is 1. The summed E-state index contributed by atoms with van der Waals surface area (Å²) in [5.74, 6) is 3.00. The SMILES string of the molecule is CC(C)N1CC2CCCC(C1)C2NCC1CCCC1CO. The molecular formula is C18H34N2O. The van der Waals surface area contributed by atoms with E-state index in [0.29, 0.717) is 18.6 Å². The van der Waals surface area contributed by atoms with Gasteiger partial charge in [-0.05, 0) is 69.7 Å². The van der Waals surface area contributed by atoms with Crippen molar-refractivity contribution in [2.24, 2.45) is 23.7 Å². The summed E-state index contributed by atoms with van der Waals surface area (Å²) in [7, 11) is 0. The van der Waals surface area contributed by atoms with Gasteiger partial charge >= 0.3 is 0 Å². The minimum Gasteiger partial charge on any atom is -0.396 e. The Kier molecular flexibility index (Phi) is 5.23. The molecule has 0 aromatic carbocycles. The topological polar surface area (TPSA) is 35.5 Å². The zero-order valence-corrected chi connectivity index (χ0v) is 13.9. The zero-order valence-electron chi connectivity index (χ0n) is 13.9. The van der Waals surface area contributed by atoms with Crippen molar-refractivity contribution in [3.8, 4) is 0 Å². The first-order chi connectivity index (χ1) is 10.2. The fourth-order valence-corrected chi connectivity index (χ4v) is 5.14. The Balaban J connectivity index is 1.55. The number of hydrogen-bond acceptors (Lipinski definition) is 3. The van der Waals surface area contributed by atoms with E-state index in [1.54, 1.807) is 0 Å². The van der Waals surface area contributed by atoms with Gasteiger partial charge in [0.1, 0.15) is 0 Å². The average Bonchev–Trinajstić information content (AvgIpc) is 2.91. The minimum atomic E-state index is 0.394. The van der Waals surface area contributed by atoms with E-state index in [1.165, 1.54) is 51.6 Å². The highest BCUT2D eigenvalue weighted by atomic mass is 16.3. The molecular weight excluding hydrogens is 260 g/mol. The molecule has 0 radical (unpaired) electrons. The van der Waals surface area contributed by atoms with Crippen molar-refractivity contribution in [2.45, 2.75) is 64.5 Å². The van der Waals surface area contributed by atoms with Crippen molar-refractivity contribution in [3.05, 3.63) is 0 Å². The van der Waals surface area contributed by atoms with Crippen molar-refractivity contribution in [1.82, 2.24) is 10.2 Å². The van der Waals surface area contributed by atoms with Crippen LogP contribution in [0.2, 0.25) is 0 Å². The van der Waals surface area contributed by atoms with Gasteiger partial charge in [0.05, 0.1) is 0 Å². The van der Waals surface area contributed by atoms with Crippen LogP contribution in [0.1, 0.15) is 52.4 Å². The lowest BCUT2D eigenvalue weighted by Crippen LogP contribution is -2.58. The van der Waals surface area contributed by atoms with Crippen LogP contribution < -0.4 is 5.32 Å². The van der Waals surface area contributed by atoms with E-state index in [0.717, 1.165) is 30.3 Å². The maximum Gasteiger partial charge on any atom is 0.0462 e. The van der Waals surface area contributed by atoms with Crippen molar-refractivity contribution in [2.75, 3.05) is 26.2 Å². The summed E-state index contributed by atoms with van der Waals surface area (Å²) >= 11 is 0. The third kappa shape index (κ3) is 3.46. The molecule has 21 heavy (non-hydrogen) atoms. The Bertz CT molecular complexity index is 319. The van der Waals surface area contributed by atoms with E-state index in [4.69, 9.17) is 0 Å². The predicted molar refractivity (Wildman–Crippen MR) is 87.2 cm³/mol. The predicted octanol–water partition coefficient (Wildman–Crippen LogP) is 2.49. The molecule has 3 heteroatoms. The third-order valence-electron chi connectivity index (χ3n) is 6.50. The van der Waals surface area contributed by atoms with Crippen LogP contribution in [-0.4, -0.2) is 48.3 Å². The van der Waals surface area contributed by atoms with E-state index in [-0.39, 0.29) is 0 Å². The molecule has 2 N–H and O–H groups in total. The van der Waals surface area contributed by atoms with Crippen LogP contribution in [0.25, 0.3) is 0 Å². The van der Waals surface area contributed by atoms with Gasteiger partial charge < -0.3 is 15.3 Å². The number of nitrogens with zero attached hydrogens (tertiary/aromatic N) is 1. The molecule has 3 rings (SSSR count). The van der Waals surface area contributed by atoms with Gasteiger partial charge in [0.15, 0.2) is 0 Å². The highest BCUT2D eigenvalue weighted by molar-refractivity contribution is 4.96. The van der Waals surface area contributed by atoms with E-state index in [1.807, 2.05) is 0 Å². The molecule has 1 heterocycles. The Morgan fingerprint density at radius 3 is 2.24 bits per heavy atom. The summed E-state index contributed by atoms with van der Waals surface area (Å²) in [6, 6.07) is 1.44. The summed E-state index contributed by atoms with van der Waals surface area (Å²) in [4.78, 5) is 2.69. The van der Waals surface area contributed by atoms with E-state index in [9.17, 15) is 5.11 Å². The first-order valence-corrected chi connectivity index (χ1v) is 9.27. The van der Waals surface area contributed by atoms with Gasteiger partial charge in [-0.15, -0.1) is 0 Å². The summed E-state index contributed by atoms with van der Waals surface area (Å²) in [5, 5.41) is 13.4. The zero-order chi connectivity index (χ0) is 14.8. The largest absolute Gasteiger partial charge is 0.396 e. The normalized spacial score (nSPS) is 40.9. The Labute approximate surface area is 130 Å². The van der Waals surface area contributed by atoms with Gasteiger partial charge in [-0.1, -0.05) is 12.8 Å². The molecule has 0 amide bonds. The first kappa shape index (κ1) is 15.8. The monoisotopic (exact) mass is 294 g/mol. The van der Waals surface area contributed by atoms with E-state index < -0.39 is 0 Å². The summed E-state index contributed by atoms with van der Waals surface area (Å²) in [6.45, 7) is 8.80. The molecule has 3 fully saturated rings. The van der Waals surface area contributed by atoms with Crippen molar-refractivity contribution in [1.29, 1.82) is 0 Å². The molecule has 0 spiro atoms. The maximum absolute atomic E-state index is 9.50. The van der Waals surface area contributed by atoms with Crippen LogP contribution in [0.3, 0.4) is 0 Å². The lowest BCUT2D eigenvalue weighted by atomic mass is 9.73. The number of hydrogen-bond donors (Lipinski definition) is 2. The molecule has 2 aliphatic carbocycles. The van der Waals surface area contributed by atoms with Gasteiger partial charge in [0.25, 0.3) is 0 Å². The van der Waals surface area contributed by atoms with Gasteiger partial charge in [0.2, 0.25) is 0 Å². The number of likely N-dealkylation sites (tertiary alicyclic amines) is 1. The molecule has 122 valence electrons. The van der Waals surface area contributed by atoms with Gasteiger partial charge in [-0.25, -0.2) is 0 Å². The number of piperidine rings is 1. The average molecular weight is 294 g/mol. The Morgan fingerprint density at radius 2 is 1.62 bits per heavy atom. The molecule has 4 unspecified atom stereocenters. The highest BCUT2D eigenvalue weighted by Gasteiger charge is 2.40. The molecule has 0 aromatic heterocycles.